The van der Waals surface area contributed by atoms with E-state index in [1.807, 2.05) is 0 Å². The summed E-state index contributed by atoms with van der Waals surface area (Å²) < 4.78 is 0. The predicted molar refractivity (Wildman–Crippen MR) is 67.0 cm³/mol. The molecule has 0 saturated heterocycles. The monoisotopic (exact) mass is 227 g/mol. The van der Waals surface area contributed by atoms with Crippen LogP contribution in [-0.4, -0.2) is 17.6 Å². The molecule has 1 aromatic rings. The Balaban J connectivity index is 2.05. The Kier molecular flexibility index (Phi) is 2.51. The second-order valence-electron chi connectivity index (χ2n) is 4.95. The first-order chi connectivity index (χ1) is 8.33. The highest BCUT2D eigenvalue weighted by Gasteiger charge is 2.31. The summed E-state index contributed by atoms with van der Waals surface area (Å²) in [6.07, 6.45) is 5.85. The molecule has 0 aliphatic heterocycles. The van der Waals surface area contributed by atoms with Gasteiger partial charge in [-0.2, -0.15) is 5.26 Å². The van der Waals surface area contributed by atoms with Gasteiger partial charge in [0.1, 0.15) is 11.9 Å². The lowest BCUT2D eigenvalue weighted by Crippen LogP contribution is -2.27. The van der Waals surface area contributed by atoms with Crippen LogP contribution in [0.5, 0.6) is 0 Å². The summed E-state index contributed by atoms with van der Waals surface area (Å²) >= 11 is 0. The summed E-state index contributed by atoms with van der Waals surface area (Å²) in [5, 5.41) is 9.28. The normalized spacial score (nSPS) is 17.6. The summed E-state index contributed by atoms with van der Waals surface area (Å²) in [4.78, 5) is 7.06. The van der Waals surface area contributed by atoms with E-state index >= 15 is 0 Å². The van der Waals surface area contributed by atoms with E-state index in [4.69, 9.17) is 4.98 Å². The van der Waals surface area contributed by atoms with Gasteiger partial charge in [0, 0.05) is 18.3 Å². The van der Waals surface area contributed by atoms with Crippen LogP contribution < -0.4 is 4.90 Å². The molecular formula is C14H17N3. The quantitative estimate of drug-likeness (QED) is 0.796. The molecule has 0 bridgehead atoms. The minimum Gasteiger partial charge on any atom is -0.353 e. The predicted octanol–water partition coefficient (Wildman–Crippen LogP) is 2.43. The SMILES string of the molecule is CCN(c1nc2c(cc1C#N)CCC2)C1CC1. The second kappa shape index (κ2) is 4.03. The van der Waals surface area contributed by atoms with Gasteiger partial charge >= 0.3 is 0 Å². The summed E-state index contributed by atoms with van der Waals surface area (Å²) in [6.45, 7) is 3.10. The second-order valence-corrected chi connectivity index (χ2v) is 4.95. The van der Waals surface area contributed by atoms with Crippen LogP contribution in [-0.2, 0) is 12.8 Å². The van der Waals surface area contributed by atoms with E-state index in [1.165, 1.54) is 30.5 Å². The molecular weight excluding hydrogens is 210 g/mol. The van der Waals surface area contributed by atoms with Gasteiger partial charge in [0.25, 0.3) is 0 Å². The van der Waals surface area contributed by atoms with Crippen molar-refractivity contribution in [3.63, 3.8) is 0 Å². The first-order valence-electron chi connectivity index (χ1n) is 6.53. The van der Waals surface area contributed by atoms with Gasteiger partial charge in [0.15, 0.2) is 0 Å². The molecule has 0 unspecified atom stereocenters. The number of nitriles is 1. The third-order valence-electron chi connectivity index (χ3n) is 3.75. The van der Waals surface area contributed by atoms with Crippen molar-refractivity contribution in [1.82, 2.24) is 4.98 Å². The summed E-state index contributed by atoms with van der Waals surface area (Å²) in [7, 11) is 0. The lowest BCUT2D eigenvalue weighted by atomic mass is 10.1. The number of anilines is 1. The van der Waals surface area contributed by atoms with Crippen LogP contribution in [0.1, 0.15) is 43.0 Å². The minimum atomic E-state index is 0.624. The fourth-order valence-electron chi connectivity index (χ4n) is 2.73. The van der Waals surface area contributed by atoms with Crippen LogP contribution in [0.25, 0.3) is 0 Å². The fourth-order valence-corrected chi connectivity index (χ4v) is 2.73. The summed E-state index contributed by atoms with van der Waals surface area (Å²) in [6, 6.07) is 5.01. The Labute approximate surface area is 102 Å². The van der Waals surface area contributed by atoms with E-state index in [-0.39, 0.29) is 0 Å². The van der Waals surface area contributed by atoms with Gasteiger partial charge in [0.05, 0.1) is 5.56 Å². The van der Waals surface area contributed by atoms with Crippen molar-refractivity contribution in [2.75, 3.05) is 11.4 Å². The topological polar surface area (TPSA) is 39.9 Å². The zero-order chi connectivity index (χ0) is 11.8. The zero-order valence-corrected chi connectivity index (χ0v) is 10.2. The average Bonchev–Trinajstić information content (AvgIpc) is 3.07. The largest absolute Gasteiger partial charge is 0.353 e. The Hall–Kier alpha value is -1.56. The number of hydrogen-bond acceptors (Lipinski definition) is 3. The van der Waals surface area contributed by atoms with Gasteiger partial charge in [0.2, 0.25) is 0 Å². The number of pyridine rings is 1. The van der Waals surface area contributed by atoms with Crippen molar-refractivity contribution in [1.29, 1.82) is 5.26 Å². The summed E-state index contributed by atoms with van der Waals surface area (Å²) in [5.74, 6) is 0.929. The average molecular weight is 227 g/mol. The molecule has 1 aromatic heterocycles. The molecule has 1 saturated carbocycles. The number of fused-ring (bicyclic) bond motifs is 1. The lowest BCUT2D eigenvalue weighted by molar-refractivity contribution is 0.800. The molecule has 3 rings (SSSR count). The maximum atomic E-state index is 9.28. The van der Waals surface area contributed by atoms with Crippen LogP contribution in [0, 0.1) is 11.3 Å². The van der Waals surface area contributed by atoms with Gasteiger partial charge < -0.3 is 4.90 Å². The van der Waals surface area contributed by atoms with Gasteiger partial charge in [-0.3, -0.25) is 0 Å². The van der Waals surface area contributed by atoms with Crippen molar-refractivity contribution < 1.29 is 0 Å². The molecule has 0 spiro atoms. The number of aryl methyl sites for hydroxylation is 2. The van der Waals surface area contributed by atoms with E-state index in [0.29, 0.717) is 6.04 Å². The number of rotatable bonds is 3. The Bertz CT molecular complexity index is 483. The first kappa shape index (κ1) is 10.6. The first-order valence-corrected chi connectivity index (χ1v) is 6.53. The van der Waals surface area contributed by atoms with Gasteiger partial charge in [-0.1, -0.05) is 0 Å². The molecule has 3 heteroatoms. The van der Waals surface area contributed by atoms with E-state index in [9.17, 15) is 5.26 Å². The van der Waals surface area contributed by atoms with Crippen molar-refractivity contribution in [3.05, 3.63) is 22.9 Å². The van der Waals surface area contributed by atoms with E-state index in [2.05, 4.69) is 24.0 Å². The third kappa shape index (κ3) is 1.78. The molecule has 2 aliphatic carbocycles. The maximum absolute atomic E-state index is 9.28. The summed E-state index contributed by atoms with van der Waals surface area (Å²) in [5.41, 5.74) is 3.27. The van der Waals surface area contributed by atoms with Crippen LogP contribution in [0.4, 0.5) is 5.82 Å². The minimum absolute atomic E-state index is 0.624. The highest BCUT2D eigenvalue weighted by molar-refractivity contribution is 5.58. The maximum Gasteiger partial charge on any atom is 0.147 e. The zero-order valence-electron chi connectivity index (χ0n) is 10.2. The third-order valence-corrected chi connectivity index (χ3v) is 3.75. The molecule has 88 valence electrons. The number of nitrogens with zero attached hydrogens (tertiary/aromatic N) is 3. The molecule has 0 amide bonds. The number of hydrogen-bond donors (Lipinski definition) is 0. The van der Waals surface area contributed by atoms with Crippen LogP contribution in [0.3, 0.4) is 0 Å². The fraction of sp³-hybridized carbons (Fsp3) is 0.571. The van der Waals surface area contributed by atoms with E-state index in [1.54, 1.807) is 0 Å². The van der Waals surface area contributed by atoms with E-state index < -0.39 is 0 Å². The Morgan fingerprint density at radius 1 is 1.47 bits per heavy atom. The van der Waals surface area contributed by atoms with Gasteiger partial charge in [-0.05, 0) is 50.7 Å². The molecule has 0 N–H and O–H groups in total. The molecule has 1 heterocycles. The van der Waals surface area contributed by atoms with Gasteiger partial charge in [-0.15, -0.1) is 0 Å². The van der Waals surface area contributed by atoms with Crippen molar-refractivity contribution >= 4 is 5.82 Å². The Morgan fingerprint density at radius 2 is 2.29 bits per heavy atom. The highest BCUT2D eigenvalue weighted by Crippen LogP contribution is 2.34. The molecule has 0 atom stereocenters. The van der Waals surface area contributed by atoms with Crippen LogP contribution in [0.15, 0.2) is 6.07 Å². The van der Waals surface area contributed by atoms with Crippen LogP contribution >= 0.6 is 0 Å². The molecule has 17 heavy (non-hydrogen) atoms. The number of aromatic nitrogens is 1. The standard InChI is InChI=1S/C14H17N3/c1-2-17(12-6-7-12)14-11(9-15)8-10-4-3-5-13(10)16-14/h8,12H,2-7H2,1H3. The van der Waals surface area contributed by atoms with Crippen molar-refractivity contribution in [2.45, 2.75) is 45.1 Å². The smallest absolute Gasteiger partial charge is 0.147 e. The molecule has 2 aliphatic rings. The van der Waals surface area contributed by atoms with Crippen molar-refractivity contribution in [2.24, 2.45) is 0 Å². The molecule has 0 radical (unpaired) electrons. The van der Waals surface area contributed by atoms with Crippen LogP contribution in [0.2, 0.25) is 0 Å². The van der Waals surface area contributed by atoms with Gasteiger partial charge in [-0.25, -0.2) is 4.98 Å². The highest BCUT2D eigenvalue weighted by atomic mass is 15.2. The molecule has 1 fully saturated rings. The molecule has 0 aromatic carbocycles. The van der Waals surface area contributed by atoms with E-state index in [0.717, 1.165) is 30.8 Å². The lowest BCUT2D eigenvalue weighted by Gasteiger charge is -2.23. The van der Waals surface area contributed by atoms with Crippen molar-refractivity contribution in [3.8, 4) is 6.07 Å². The Morgan fingerprint density at radius 3 is 2.94 bits per heavy atom. The molecule has 3 nitrogen and oxygen atoms in total.